The highest BCUT2D eigenvalue weighted by atomic mass is 16.5. The van der Waals surface area contributed by atoms with Crippen molar-refractivity contribution in [3.8, 4) is 0 Å². The highest BCUT2D eigenvalue weighted by Gasteiger charge is 1.98. The second-order valence-electron chi connectivity index (χ2n) is 3.67. The molecule has 0 aromatic heterocycles. The maximum Gasteiger partial charge on any atom is 0.158 e. The largest absolute Gasteiger partial charge is 0.392 e. The van der Waals surface area contributed by atoms with Gasteiger partial charge < -0.3 is 9.84 Å². The van der Waals surface area contributed by atoms with Crippen molar-refractivity contribution in [2.75, 3.05) is 13.2 Å². The van der Waals surface area contributed by atoms with Crippen molar-refractivity contribution in [2.45, 2.75) is 26.4 Å². The van der Waals surface area contributed by atoms with Crippen LogP contribution >= 0.6 is 0 Å². The summed E-state index contributed by atoms with van der Waals surface area (Å²) < 4.78 is 5.25. The van der Waals surface area contributed by atoms with Crippen LogP contribution in [0.15, 0.2) is 24.3 Å². The second-order valence-corrected chi connectivity index (χ2v) is 3.67. The van der Waals surface area contributed by atoms with Crippen LogP contribution in [0.4, 0.5) is 0 Å². The average molecular weight is 222 g/mol. The van der Waals surface area contributed by atoms with Crippen molar-refractivity contribution >= 4 is 5.78 Å². The minimum absolute atomic E-state index is 0.0712. The Balaban J connectivity index is 2.24. The Kier molecular flexibility index (Phi) is 5.75. The summed E-state index contributed by atoms with van der Waals surface area (Å²) in [6.45, 7) is 2.68. The number of carbonyl (C=O) groups excluding carboxylic acids is 1. The van der Waals surface area contributed by atoms with Gasteiger partial charge in [0.15, 0.2) is 5.78 Å². The Hall–Kier alpha value is -1.19. The fourth-order valence-corrected chi connectivity index (χ4v) is 1.29. The zero-order valence-corrected chi connectivity index (χ0v) is 9.61. The number of Topliss-reactive ketones (excluding diaryl/α,β-unsaturated/α-hetero) is 1. The Morgan fingerprint density at radius 1 is 1.25 bits per heavy atom. The summed E-state index contributed by atoms with van der Waals surface area (Å²) in [5.41, 5.74) is 2.06. The van der Waals surface area contributed by atoms with Crippen LogP contribution in [0, 0.1) is 0 Å². The first-order valence-electron chi connectivity index (χ1n) is 5.54. The molecule has 0 aliphatic rings. The van der Waals surface area contributed by atoms with Crippen LogP contribution in [-0.2, 0) is 22.6 Å². The fraction of sp³-hybridized carbons (Fsp3) is 0.462. The number of benzene rings is 1. The first-order chi connectivity index (χ1) is 7.76. The third-order valence-corrected chi connectivity index (χ3v) is 2.40. The van der Waals surface area contributed by atoms with E-state index in [2.05, 4.69) is 0 Å². The van der Waals surface area contributed by atoms with Crippen molar-refractivity contribution in [3.05, 3.63) is 35.4 Å². The van der Waals surface area contributed by atoms with Gasteiger partial charge in [-0.25, -0.2) is 0 Å². The molecule has 0 bridgehead atoms. The molecule has 0 atom stereocenters. The maximum atomic E-state index is 11.0. The quantitative estimate of drug-likeness (QED) is 0.714. The van der Waals surface area contributed by atoms with Gasteiger partial charge in [-0.3, -0.25) is 4.79 Å². The van der Waals surface area contributed by atoms with Crippen molar-refractivity contribution in [3.63, 3.8) is 0 Å². The van der Waals surface area contributed by atoms with Gasteiger partial charge in [0.2, 0.25) is 0 Å². The van der Waals surface area contributed by atoms with Crippen molar-refractivity contribution in [2.24, 2.45) is 0 Å². The minimum Gasteiger partial charge on any atom is -0.392 e. The number of hydrogen-bond donors (Lipinski definition) is 1. The van der Waals surface area contributed by atoms with Gasteiger partial charge >= 0.3 is 0 Å². The van der Waals surface area contributed by atoms with Crippen LogP contribution < -0.4 is 0 Å². The molecule has 0 radical (unpaired) electrons. The molecule has 0 amide bonds. The van der Waals surface area contributed by atoms with Crippen molar-refractivity contribution < 1.29 is 14.6 Å². The molecule has 1 rings (SSSR count). The summed E-state index contributed by atoms with van der Waals surface area (Å²) in [6, 6.07) is 7.73. The summed E-state index contributed by atoms with van der Waals surface area (Å²) in [7, 11) is 0. The molecule has 1 aromatic rings. The Morgan fingerprint density at radius 3 is 2.44 bits per heavy atom. The lowest BCUT2D eigenvalue weighted by Crippen LogP contribution is -2.09. The monoisotopic (exact) mass is 222 g/mol. The first kappa shape index (κ1) is 12.9. The molecule has 0 aliphatic heterocycles. The van der Waals surface area contributed by atoms with Gasteiger partial charge in [0.05, 0.1) is 13.2 Å². The second kappa shape index (κ2) is 7.14. The maximum absolute atomic E-state index is 11.0. The molecule has 0 fully saturated rings. The number of ketones is 1. The summed E-state index contributed by atoms with van der Waals surface area (Å²) in [4.78, 5) is 11.0. The predicted molar refractivity (Wildman–Crippen MR) is 62.2 cm³/mol. The van der Waals surface area contributed by atoms with Gasteiger partial charge in [-0.1, -0.05) is 31.2 Å². The van der Waals surface area contributed by atoms with Crippen LogP contribution in [0.3, 0.4) is 0 Å². The van der Waals surface area contributed by atoms with Crippen LogP contribution in [0.5, 0.6) is 0 Å². The number of rotatable bonds is 7. The molecule has 16 heavy (non-hydrogen) atoms. The van der Waals surface area contributed by atoms with E-state index in [-0.39, 0.29) is 19.0 Å². The predicted octanol–water partition coefficient (Wildman–Crippen LogP) is 1.72. The van der Waals surface area contributed by atoms with E-state index in [0.29, 0.717) is 13.0 Å². The lowest BCUT2D eigenvalue weighted by molar-refractivity contribution is -0.123. The molecule has 3 heteroatoms. The topological polar surface area (TPSA) is 46.5 Å². The highest BCUT2D eigenvalue weighted by molar-refractivity contribution is 5.79. The zero-order valence-electron chi connectivity index (χ0n) is 9.61. The van der Waals surface area contributed by atoms with Gasteiger partial charge in [0.25, 0.3) is 0 Å². The molecule has 0 aliphatic carbocycles. The Bertz CT molecular complexity index is 316. The molecule has 88 valence electrons. The third-order valence-electron chi connectivity index (χ3n) is 2.40. The van der Waals surface area contributed by atoms with E-state index in [1.54, 1.807) is 0 Å². The first-order valence-corrected chi connectivity index (χ1v) is 5.54. The van der Waals surface area contributed by atoms with E-state index in [1.165, 1.54) is 0 Å². The van der Waals surface area contributed by atoms with Gasteiger partial charge in [-0.15, -0.1) is 0 Å². The van der Waals surface area contributed by atoms with E-state index in [9.17, 15) is 4.79 Å². The molecule has 0 heterocycles. The fourth-order valence-electron chi connectivity index (χ4n) is 1.29. The molecular formula is C13H18O3. The number of aliphatic hydroxyl groups excluding tert-OH is 1. The molecule has 0 saturated carbocycles. The normalized spacial score (nSPS) is 10.4. The van der Waals surface area contributed by atoms with Gasteiger partial charge in [-0.2, -0.15) is 0 Å². The summed E-state index contributed by atoms with van der Waals surface area (Å²) in [5.74, 6) is 0.135. The molecule has 1 aromatic carbocycles. The van der Waals surface area contributed by atoms with Crippen LogP contribution in [0.1, 0.15) is 24.5 Å². The molecule has 0 spiro atoms. The van der Waals surface area contributed by atoms with Gasteiger partial charge in [0, 0.05) is 6.42 Å². The van der Waals surface area contributed by atoms with Gasteiger partial charge in [0.1, 0.15) is 6.61 Å². The van der Waals surface area contributed by atoms with E-state index < -0.39 is 0 Å². The average Bonchev–Trinajstić information content (AvgIpc) is 2.35. The van der Waals surface area contributed by atoms with Crippen molar-refractivity contribution in [1.29, 1.82) is 0 Å². The molecule has 0 saturated heterocycles. The summed E-state index contributed by atoms with van der Waals surface area (Å²) >= 11 is 0. The number of carbonyl (C=O) groups is 1. The highest BCUT2D eigenvalue weighted by Crippen LogP contribution is 2.05. The molecular weight excluding hydrogens is 204 g/mol. The van der Waals surface area contributed by atoms with Crippen LogP contribution in [0.2, 0.25) is 0 Å². The van der Waals surface area contributed by atoms with E-state index in [1.807, 2.05) is 31.2 Å². The van der Waals surface area contributed by atoms with Gasteiger partial charge in [-0.05, 0) is 17.5 Å². The number of ether oxygens (including phenoxy) is 1. The van der Waals surface area contributed by atoms with E-state index in [4.69, 9.17) is 9.84 Å². The molecule has 3 nitrogen and oxygen atoms in total. The summed E-state index contributed by atoms with van der Waals surface area (Å²) in [5, 5.41) is 8.87. The SMILES string of the molecule is CCC(=O)COCCc1ccc(CO)cc1. The Labute approximate surface area is 96.1 Å². The number of hydrogen-bond acceptors (Lipinski definition) is 3. The van der Waals surface area contributed by atoms with Crippen LogP contribution in [0.25, 0.3) is 0 Å². The molecule has 1 N–H and O–H groups in total. The van der Waals surface area contributed by atoms with Crippen LogP contribution in [-0.4, -0.2) is 24.1 Å². The lowest BCUT2D eigenvalue weighted by atomic mass is 10.1. The lowest BCUT2D eigenvalue weighted by Gasteiger charge is -2.04. The number of aliphatic hydroxyl groups is 1. The zero-order chi connectivity index (χ0) is 11.8. The minimum atomic E-state index is 0.0712. The smallest absolute Gasteiger partial charge is 0.158 e. The van der Waals surface area contributed by atoms with E-state index in [0.717, 1.165) is 17.5 Å². The van der Waals surface area contributed by atoms with Crippen molar-refractivity contribution in [1.82, 2.24) is 0 Å². The van der Waals surface area contributed by atoms with E-state index >= 15 is 0 Å². The standard InChI is InChI=1S/C13H18O3/c1-2-13(15)10-16-8-7-11-3-5-12(9-14)6-4-11/h3-6,14H,2,7-10H2,1H3. The summed E-state index contributed by atoms with van der Waals surface area (Å²) in [6.07, 6.45) is 1.33. The Morgan fingerprint density at radius 2 is 1.88 bits per heavy atom. The third kappa shape index (κ3) is 4.55. The molecule has 0 unspecified atom stereocenters.